The molecule has 130 valence electrons. The summed E-state index contributed by atoms with van der Waals surface area (Å²) in [5.74, 6) is -0.463. The van der Waals surface area contributed by atoms with Crippen molar-refractivity contribution in [2.75, 3.05) is 13.2 Å². The second-order valence-electron chi connectivity index (χ2n) is 6.19. The van der Waals surface area contributed by atoms with Crippen LogP contribution in [-0.2, 0) is 6.54 Å². The molecule has 0 radical (unpaired) electrons. The first-order chi connectivity index (χ1) is 12.2. The SMILES string of the molecule is O=C(NCc1ccccc1)c1ccccc1C(=O)N1CCCC1CO. The summed E-state index contributed by atoms with van der Waals surface area (Å²) in [4.78, 5) is 27.1. The zero-order valence-electron chi connectivity index (χ0n) is 14.0. The van der Waals surface area contributed by atoms with Gasteiger partial charge in [-0.05, 0) is 30.5 Å². The van der Waals surface area contributed by atoms with Crippen molar-refractivity contribution < 1.29 is 14.7 Å². The van der Waals surface area contributed by atoms with Gasteiger partial charge in [0, 0.05) is 13.1 Å². The van der Waals surface area contributed by atoms with Gasteiger partial charge in [0.05, 0.1) is 23.8 Å². The number of rotatable bonds is 5. The highest BCUT2D eigenvalue weighted by Gasteiger charge is 2.30. The molecule has 1 aliphatic rings. The maximum absolute atomic E-state index is 12.9. The van der Waals surface area contributed by atoms with Gasteiger partial charge in [-0.25, -0.2) is 0 Å². The van der Waals surface area contributed by atoms with Gasteiger partial charge in [-0.1, -0.05) is 42.5 Å². The van der Waals surface area contributed by atoms with Crippen LogP contribution in [0, 0.1) is 0 Å². The maximum Gasteiger partial charge on any atom is 0.254 e. The van der Waals surface area contributed by atoms with E-state index in [9.17, 15) is 14.7 Å². The number of aliphatic hydroxyl groups excluding tert-OH is 1. The highest BCUT2D eigenvalue weighted by atomic mass is 16.3. The number of carbonyl (C=O) groups is 2. The van der Waals surface area contributed by atoms with E-state index >= 15 is 0 Å². The molecule has 2 aromatic rings. The first-order valence-electron chi connectivity index (χ1n) is 8.53. The molecule has 0 aliphatic carbocycles. The minimum atomic E-state index is -0.271. The van der Waals surface area contributed by atoms with Crippen LogP contribution in [0.15, 0.2) is 54.6 Å². The van der Waals surface area contributed by atoms with Crippen LogP contribution in [0.3, 0.4) is 0 Å². The molecule has 0 spiro atoms. The summed E-state index contributed by atoms with van der Waals surface area (Å²) < 4.78 is 0. The van der Waals surface area contributed by atoms with Crippen LogP contribution in [0.5, 0.6) is 0 Å². The number of amides is 2. The number of nitrogens with zero attached hydrogens (tertiary/aromatic N) is 1. The molecule has 1 heterocycles. The van der Waals surface area contributed by atoms with Gasteiger partial charge in [-0.15, -0.1) is 0 Å². The number of benzene rings is 2. The Bertz CT molecular complexity index is 746. The standard InChI is InChI=1S/C20H22N2O3/c23-14-16-9-6-12-22(16)20(25)18-11-5-4-10-17(18)19(24)21-13-15-7-2-1-3-8-15/h1-5,7-8,10-11,16,23H,6,9,12-14H2,(H,21,24). The molecule has 5 nitrogen and oxygen atoms in total. The fraction of sp³-hybridized carbons (Fsp3) is 0.300. The second kappa shape index (κ2) is 7.94. The van der Waals surface area contributed by atoms with Gasteiger partial charge in [0.25, 0.3) is 11.8 Å². The number of likely N-dealkylation sites (tertiary alicyclic amines) is 1. The van der Waals surface area contributed by atoms with Gasteiger partial charge in [0.1, 0.15) is 0 Å². The second-order valence-corrected chi connectivity index (χ2v) is 6.19. The molecule has 1 atom stereocenters. The van der Waals surface area contributed by atoms with E-state index < -0.39 is 0 Å². The third kappa shape index (κ3) is 3.88. The molecule has 25 heavy (non-hydrogen) atoms. The van der Waals surface area contributed by atoms with E-state index in [-0.39, 0.29) is 24.5 Å². The quantitative estimate of drug-likeness (QED) is 0.878. The fourth-order valence-electron chi connectivity index (χ4n) is 3.19. The molecule has 2 aromatic carbocycles. The molecule has 5 heteroatoms. The summed E-state index contributed by atoms with van der Waals surface area (Å²) >= 11 is 0. The van der Waals surface area contributed by atoms with Gasteiger partial charge < -0.3 is 15.3 Å². The Hall–Kier alpha value is -2.66. The Balaban J connectivity index is 1.76. The van der Waals surface area contributed by atoms with Gasteiger partial charge in [0.15, 0.2) is 0 Å². The van der Waals surface area contributed by atoms with Crippen molar-refractivity contribution in [1.29, 1.82) is 0 Å². The van der Waals surface area contributed by atoms with E-state index in [0.717, 1.165) is 18.4 Å². The minimum absolute atomic E-state index is 0.0475. The molecule has 1 unspecified atom stereocenters. The average Bonchev–Trinajstić information content (AvgIpc) is 3.15. The van der Waals surface area contributed by atoms with Crippen LogP contribution in [0.1, 0.15) is 39.1 Å². The molecule has 2 amide bonds. The highest BCUT2D eigenvalue weighted by Crippen LogP contribution is 2.21. The fourth-order valence-corrected chi connectivity index (χ4v) is 3.19. The van der Waals surface area contributed by atoms with Crippen molar-refractivity contribution in [3.8, 4) is 0 Å². The van der Waals surface area contributed by atoms with E-state index in [1.165, 1.54) is 0 Å². The number of nitrogens with one attached hydrogen (secondary N) is 1. The predicted molar refractivity (Wildman–Crippen MR) is 95.2 cm³/mol. The average molecular weight is 338 g/mol. The molecule has 0 saturated carbocycles. The largest absolute Gasteiger partial charge is 0.394 e. The molecule has 0 bridgehead atoms. The third-order valence-corrected chi connectivity index (χ3v) is 4.55. The smallest absolute Gasteiger partial charge is 0.254 e. The summed E-state index contributed by atoms with van der Waals surface area (Å²) in [5, 5.41) is 12.3. The zero-order chi connectivity index (χ0) is 17.6. The first kappa shape index (κ1) is 17.2. The van der Waals surface area contributed by atoms with E-state index in [1.54, 1.807) is 29.2 Å². The van der Waals surface area contributed by atoms with Gasteiger partial charge in [-0.3, -0.25) is 9.59 Å². The summed E-state index contributed by atoms with van der Waals surface area (Å²) in [6.07, 6.45) is 1.67. The van der Waals surface area contributed by atoms with E-state index in [4.69, 9.17) is 0 Å². The molecule has 3 rings (SSSR count). The maximum atomic E-state index is 12.9. The summed E-state index contributed by atoms with van der Waals surface area (Å²) in [6.45, 7) is 0.976. The van der Waals surface area contributed by atoms with Crippen molar-refractivity contribution >= 4 is 11.8 Å². The van der Waals surface area contributed by atoms with Crippen LogP contribution in [-0.4, -0.2) is 41.0 Å². The number of hydrogen-bond acceptors (Lipinski definition) is 3. The first-order valence-corrected chi connectivity index (χ1v) is 8.53. The highest BCUT2D eigenvalue weighted by molar-refractivity contribution is 6.07. The van der Waals surface area contributed by atoms with Crippen LogP contribution in [0.25, 0.3) is 0 Å². The summed E-state index contributed by atoms with van der Waals surface area (Å²) in [6, 6.07) is 16.3. The van der Waals surface area contributed by atoms with Crippen LogP contribution < -0.4 is 5.32 Å². The number of hydrogen-bond donors (Lipinski definition) is 2. The lowest BCUT2D eigenvalue weighted by Crippen LogP contribution is -2.38. The normalized spacial score (nSPS) is 16.7. The van der Waals surface area contributed by atoms with E-state index in [0.29, 0.717) is 24.2 Å². The molecule has 0 aromatic heterocycles. The lowest BCUT2D eigenvalue weighted by molar-refractivity contribution is 0.0673. The molecular formula is C20H22N2O3. The Morgan fingerprint density at radius 3 is 2.44 bits per heavy atom. The lowest BCUT2D eigenvalue weighted by atomic mass is 10.0. The zero-order valence-corrected chi connectivity index (χ0v) is 14.0. The molecule has 1 saturated heterocycles. The topological polar surface area (TPSA) is 69.6 Å². The van der Waals surface area contributed by atoms with Crippen molar-refractivity contribution in [2.24, 2.45) is 0 Å². The van der Waals surface area contributed by atoms with Gasteiger partial charge in [-0.2, -0.15) is 0 Å². The lowest BCUT2D eigenvalue weighted by Gasteiger charge is -2.24. The molecule has 2 N–H and O–H groups in total. The third-order valence-electron chi connectivity index (χ3n) is 4.55. The number of aliphatic hydroxyl groups is 1. The molecule has 1 fully saturated rings. The van der Waals surface area contributed by atoms with Crippen LogP contribution in [0.4, 0.5) is 0 Å². The van der Waals surface area contributed by atoms with Gasteiger partial charge >= 0.3 is 0 Å². The Kier molecular flexibility index (Phi) is 5.46. The monoisotopic (exact) mass is 338 g/mol. The van der Waals surface area contributed by atoms with E-state index in [1.807, 2.05) is 30.3 Å². The minimum Gasteiger partial charge on any atom is -0.394 e. The Morgan fingerprint density at radius 2 is 1.72 bits per heavy atom. The van der Waals surface area contributed by atoms with Crippen LogP contribution >= 0.6 is 0 Å². The van der Waals surface area contributed by atoms with E-state index in [2.05, 4.69) is 5.32 Å². The van der Waals surface area contributed by atoms with Crippen molar-refractivity contribution in [2.45, 2.75) is 25.4 Å². The van der Waals surface area contributed by atoms with Crippen molar-refractivity contribution in [3.05, 3.63) is 71.3 Å². The Morgan fingerprint density at radius 1 is 1.04 bits per heavy atom. The van der Waals surface area contributed by atoms with Crippen molar-refractivity contribution in [1.82, 2.24) is 10.2 Å². The molecule has 1 aliphatic heterocycles. The Labute approximate surface area is 147 Å². The van der Waals surface area contributed by atoms with Crippen LogP contribution in [0.2, 0.25) is 0 Å². The van der Waals surface area contributed by atoms with Crippen molar-refractivity contribution in [3.63, 3.8) is 0 Å². The van der Waals surface area contributed by atoms with Gasteiger partial charge in [0.2, 0.25) is 0 Å². The summed E-state index contributed by atoms with van der Waals surface area (Å²) in [5.41, 5.74) is 1.75. The number of carbonyl (C=O) groups excluding carboxylic acids is 2. The predicted octanol–water partition coefficient (Wildman–Crippen LogP) is 2.21. The summed E-state index contributed by atoms with van der Waals surface area (Å²) in [7, 11) is 0. The molecular weight excluding hydrogens is 316 g/mol.